The van der Waals surface area contributed by atoms with Crippen LogP contribution in [-0.4, -0.2) is 30.3 Å². The van der Waals surface area contributed by atoms with Gasteiger partial charge in [-0.25, -0.2) is 0 Å². The van der Waals surface area contributed by atoms with Crippen LogP contribution in [0.5, 0.6) is 11.5 Å². The lowest BCUT2D eigenvalue weighted by Crippen LogP contribution is -2.13. The fourth-order valence-electron chi connectivity index (χ4n) is 2.48. The van der Waals surface area contributed by atoms with Gasteiger partial charge in [0.1, 0.15) is 17.2 Å². The minimum atomic E-state index is -0.287. The van der Waals surface area contributed by atoms with E-state index in [4.69, 9.17) is 9.47 Å². The third-order valence-corrected chi connectivity index (χ3v) is 3.79. The third kappa shape index (κ3) is 3.63. The first-order chi connectivity index (χ1) is 12.1. The van der Waals surface area contributed by atoms with Crippen LogP contribution in [0.1, 0.15) is 16.1 Å². The second kappa shape index (κ2) is 7.09. The summed E-state index contributed by atoms with van der Waals surface area (Å²) in [6.07, 6.45) is 0. The lowest BCUT2D eigenvalue weighted by atomic mass is 10.1. The summed E-state index contributed by atoms with van der Waals surface area (Å²) in [4.78, 5) is 12.5. The highest BCUT2D eigenvalue weighted by molar-refractivity contribution is 6.04. The molecular formula is C19H19N3O3. The third-order valence-electron chi connectivity index (χ3n) is 3.79. The number of aryl methyl sites for hydroxylation is 1. The SMILES string of the molecule is COc1cccc(-c2cc(C(=O)Nc3cc(C)ccc3OC)[nH]n2)c1. The molecule has 3 rings (SSSR count). The molecule has 2 aromatic carbocycles. The topological polar surface area (TPSA) is 76.2 Å². The molecule has 0 atom stereocenters. The number of carbonyl (C=O) groups excluding carboxylic acids is 1. The van der Waals surface area contributed by atoms with E-state index in [0.717, 1.165) is 16.9 Å². The summed E-state index contributed by atoms with van der Waals surface area (Å²) in [5, 5.41) is 9.83. The molecule has 0 radical (unpaired) electrons. The highest BCUT2D eigenvalue weighted by Gasteiger charge is 2.14. The number of hydrogen-bond donors (Lipinski definition) is 2. The summed E-state index contributed by atoms with van der Waals surface area (Å²) >= 11 is 0. The van der Waals surface area contributed by atoms with Crippen LogP contribution >= 0.6 is 0 Å². The van der Waals surface area contributed by atoms with E-state index in [1.165, 1.54) is 0 Å². The van der Waals surface area contributed by atoms with Gasteiger partial charge in [-0.2, -0.15) is 5.10 Å². The fourth-order valence-corrected chi connectivity index (χ4v) is 2.48. The van der Waals surface area contributed by atoms with Crippen molar-refractivity contribution in [1.82, 2.24) is 10.2 Å². The van der Waals surface area contributed by atoms with Gasteiger partial charge in [0.05, 0.1) is 25.6 Å². The highest BCUT2D eigenvalue weighted by atomic mass is 16.5. The molecule has 0 saturated carbocycles. The molecule has 2 N–H and O–H groups in total. The zero-order chi connectivity index (χ0) is 17.8. The maximum atomic E-state index is 12.5. The Morgan fingerprint density at radius 3 is 2.68 bits per heavy atom. The molecular weight excluding hydrogens is 318 g/mol. The van der Waals surface area contributed by atoms with Crippen molar-refractivity contribution in [3.8, 4) is 22.8 Å². The van der Waals surface area contributed by atoms with Crippen LogP contribution in [0.4, 0.5) is 5.69 Å². The molecule has 0 aliphatic heterocycles. The number of amides is 1. The summed E-state index contributed by atoms with van der Waals surface area (Å²) in [7, 11) is 3.18. The van der Waals surface area contributed by atoms with Gasteiger partial charge in [-0.3, -0.25) is 9.89 Å². The van der Waals surface area contributed by atoms with Crippen molar-refractivity contribution in [3.05, 3.63) is 59.8 Å². The van der Waals surface area contributed by atoms with Crippen LogP contribution in [0.2, 0.25) is 0 Å². The van der Waals surface area contributed by atoms with Gasteiger partial charge in [0.25, 0.3) is 5.91 Å². The molecule has 0 aliphatic carbocycles. The van der Waals surface area contributed by atoms with Crippen LogP contribution in [0.25, 0.3) is 11.3 Å². The van der Waals surface area contributed by atoms with Gasteiger partial charge in [0.15, 0.2) is 0 Å². The van der Waals surface area contributed by atoms with Crippen LogP contribution < -0.4 is 14.8 Å². The molecule has 6 heteroatoms. The molecule has 0 bridgehead atoms. The van der Waals surface area contributed by atoms with E-state index in [-0.39, 0.29) is 5.91 Å². The number of H-pyrrole nitrogens is 1. The average molecular weight is 337 g/mol. The second-order valence-electron chi connectivity index (χ2n) is 5.56. The molecule has 1 amide bonds. The molecule has 0 fully saturated rings. The van der Waals surface area contributed by atoms with E-state index in [9.17, 15) is 4.79 Å². The maximum absolute atomic E-state index is 12.5. The van der Waals surface area contributed by atoms with Gasteiger partial charge in [0, 0.05) is 5.56 Å². The Bertz CT molecular complexity index is 902. The van der Waals surface area contributed by atoms with E-state index >= 15 is 0 Å². The summed E-state index contributed by atoms with van der Waals surface area (Å²) in [5.41, 5.74) is 3.53. The number of nitrogens with zero attached hydrogens (tertiary/aromatic N) is 1. The predicted octanol–water partition coefficient (Wildman–Crippen LogP) is 3.65. The van der Waals surface area contributed by atoms with Crippen molar-refractivity contribution in [1.29, 1.82) is 0 Å². The number of benzene rings is 2. The van der Waals surface area contributed by atoms with Crippen LogP contribution in [0.15, 0.2) is 48.5 Å². The zero-order valence-electron chi connectivity index (χ0n) is 14.3. The zero-order valence-corrected chi connectivity index (χ0v) is 14.3. The molecule has 1 aromatic heterocycles. The molecule has 0 spiro atoms. The van der Waals surface area contributed by atoms with Crippen LogP contribution in [0.3, 0.4) is 0 Å². The molecule has 1 heterocycles. The Kier molecular flexibility index (Phi) is 4.70. The van der Waals surface area contributed by atoms with E-state index in [1.54, 1.807) is 20.3 Å². The van der Waals surface area contributed by atoms with Crippen molar-refractivity contribution in [2.45, 2.75) is 6.92 Å². The Balaban J connectivity index is 1.82. The average Bonchev–Trinajstić information content (AvgIpc) is 3.12. The Hall–Kier alpha value is -3.28. The first-order valence-corrected chi connectivity index (χ1v) is 7.76. The van der Waals surface area contributed by atoms with Crippen molar-refractivity contribution in [2.24, 2.45) is 0 Å². The molecule has 3 aromatic rings. The fraction of sp³-hybridized carbons (Fsp3) is 0.158. The quantitative estimate of drug-likeness (QED) is 0.745. The standard InChI is InChI=1S/C19H19N3O3/c1-12-7-8-18(25-3)16(9-12)20-19(23)17-11-15(21-22-17)13-5-4-6-14(10-13)24-2/h4-11H,1-3H3,(H,20,23)(H,21,22). The smallest absolute Gasteiger partial charge is 0.273 e. The molecule has 0 unspecified atom stereocenters. The number of carbonyl (C=O) groups is 1. The molecule has 0 saturated heterocycles. The first-order valence-electron chi connectivity index (χ1n) is 7.76. The molecule has 128 valence electrons. The summed E-state index contributed by atoms with van der Waals surface area (Å²) in [5.74, 6) is 1.05. The summed E-state index contributed by atoms with van der Waals surface area (Å²) in [6, 6.07) is 14.8. The number of aromatic nitrogens is 2. The lowest BCUT2D eigenvalue weighted by Gasteiger charge is -2.10. The van der Waals surface area contributed by atoms with Crippen molar-refractivity contribution in [3.63, 3.8) is 0 Å². The van der Waals surface area contributed by atoms with Crippen molar-refractivity contribution < 1.29 is 14.3 Å². The number of hydrogen-bond acceptors (Lipinski definition) is 4. The summed E-state index contributed by atoms with van der Waals surface area (Å²) in [6.45, 7) is 1.95. The molecule has 0 aliphatic rings. The van der Waals surface area contributed by atoms with E-state index in [2.05, 4.69) is 15.5 Å². The molecule has 25 heavy (non-hydrogen) atoms. The van der Waals surface area contributed by atoms with E-state index in [0.29, 0.717) is 22.8 Å². The monoisotopic (exact) mass is 337 g/mol. The number of ether oxygens (including phenoxy) is 2. The van der Waals surface area contributed by atoms with E-state index < -0.39 is 0 Å². The predicted molar refractivity (Wildman–Crippen MR) is 96.3 cm³/mol. The first kappa shape index (κ1) is 16.6. The lowest BCUT2D eigenvalue weighted by molar-refractivity contribution is 0.102. The Morgan fingerprint density at radius 2 is 1.92 bits per heavy atom. The Morgan fingerprint density at radius 1 is 1.08 bits per heavy atom. The maximum Gasteiger partial charge on any atom is 0.273 e. The van der Waals surface area contributed by atoms with Crippen LogP contribution in [-0.2, 0) is 0 Å². The summed E-state index contributed by atoms with van der Waals surface area (Å²) < 4.78 is 10.5. The molecule has 6 nitrogen and oxygen atoms in total. The highest BCUT2D eigenvalue weighted by Crippen LogP contribution is 2.26. The van der Waals surface area contributed by atoms with Gasteiger partial charge in [0.2, 0.25) is 0 Å². The minimum Gasteiger partial charge on any atom is -0.497 e. The normalized spacial score (nSPS) is 10.4. The van der Waals surface area contributed by atoms with Gasteiger partial charge >= 0.3 is 0 Å². The number of nitrogens with one attached hydrogen (secondary N) is 2. The van der Waals surface area contributed by atoms with Crippen LogP contribution in [0, 0.1) is 6.92 Å². The second-order valence-corrected chi connectivity index (χ2v) is 5.56. The van der Waals surface area contributed by atoms with Gasteiger partial charge < -0.3 is 14.8 Å². The largest absolute Gasteiger partial charge is 0.497 e. The number of rotatable bonds is 5. The number of anilines is 1. The van der Waals surface area contributed by atoms with Gasteiger partial charge in [-0.15, -0.1) is 0 Å². The number of aromatic amines is 1. The van der Waals surface area contributed by atoms with Crippen molar-refractivity contribution in [2.75, 3.05) is 19.5 Å². The Labute approximate surface area is 145 Å². The van der Waals surface area contributed by atoms with E-state index in [1.807, 2.05) is 49.4 Å². The number of methoxy groups -OCH3 is 2. The minimum absolute atomic E-state index is 0.287. The van der Waals surface area contributed by atoms with Gasteiger partial charge in [-0.1, -0.05) is 18.2 Å². The van der Waals surface area contributed by atoms with Crippen molar-refractivity contribution >= 4 is 11.6 Å². The van der Waals surface area contributed by atoms with Gasteiger partial charge in [-0.05, 0) is 42.8 Å².